The summed E-state index contributed by atoms with van der Waals surface area (Å²) in [5.41, 5.74) is 7.90. The molecule has 0 atom stereocenters. The molecule has 3 heterocycles. The van der Waals surface area contributed by atoms with Crippen molar-refractivity contribution in [3.63, 3.8) is 0 Å². The summed E-state index contributed by atoms with van der Waals surface area (Å²) >= 11 is 0. The lowest BCUT2D eigenvalue weighted by atomic mass is 9.85. The number of pyridine rings is 2. The molecule has 0 N–H and O–H groups in total. The van der Waals surface area contributed by atoms with Crippen LogP contribution >= 0.6 is 0 Å². The fourth-order valence-corrected chi connectivity index (χ4v) is 6.02. The van der Waals surface area contributed by atoms with E-state index in [1.807, 2.05) is 6.20 Å². The number of rotatable bonds is 1. The van der Waals surface area contributed by atoms with Gasteiger partial charge in [-0.05, 0) is 70.3 Å². The summed E-state index contributed by atoms with van der Waals surface area (Å²) in [5.74, 6) is 0. The Morgan fingerprint density at radius 1 is 0.758 bits per heavy atom. The van der Waals surface area contributed by atoms with E-state index in [1.54, 1.807) is 0 Å². The number of aromatic nitrogens is 2. The van der Waals surface area contributed by atoms with Gasteiger partial charge in [0, 0.05) is 27.7 Å². The van der Waals surface area contributed by atoms with E-state index in [2.05, 4.69) is 98.8 Å². The molecule has 0 unspecified atom stereocenters. The van der Waals surface area contributed by atoms with Gasteiger partial charge in [-0.3, -0.25) is 4.98 Å². The molecule has 0 amide bonds. The number of benzene rings is 4. The summed E-state index contributed by atoms with van der Waals surface area (Å²) in [6, 6.07) is 24.6. The fourth-order valence-electron chi connectivity index (χ4n) is 6.02. The average molecular weight is 427 g/mol. The van der Waals surface area contributed by atoms with Gasteiger partial charge in [0.15, 0.2) is 0 Å². The molecular weight excluding hydrogens is 400 g/mol. The second-order valence-electron chi connectivity index (χ2n) is 10.7. The third-order valence-electron chi connectivity index (χ3n) is 7.24. The zero-order chi connectivity index (χ0) is 22.5. The number of nitrogens with zero attached hydrogens (tertiary/aromatic N) is 2. The van der Waals surface area contributed by atoms with Crippen LogP contribution in [0.2, 0.25) is 0 Å². The van der Waals surface area contributed by atoms with E-state index >= 15 is 0 Å². The molecule has 0 saturated heterocycles. The van der Waals surface area contributed by atoms with Crippen LogP contribution in [-0.2, 0) is 6.42 Å². The molecule has 0 fully saturated rings. The van der Waals surface area contributed by atoms with Crippen LogP contribution in [0.4, 0.5) is 0 Å². The molecule has 4 aromatic carbocycles. The van der Waals surface area contributed by atoms with E-state index in [9.17, 15) is 0 Å². The van der Waals surface area contributed by atoms with Crippen LogP contribution in [0.5, 0.6) is 0 Å². The Bertz CT molecular complexity index is 1880. The van der Waals surface area contributed by atoms with Crippen LogP contribution < -0.4 is 0 Å². The molecule has 0 radical (unpaired) electrons. The number of para-hydroxylation sites is 1. The first-order valence-electron chi connectivity index (χ1n) is 11.8. The SMILES string of the molecule is Cc1c2ccccc2cc2c3nccc4c(CC(C)(C)C)cc5c6ccccc6n(c12)c5c43. The van der Waals surface area contributed by atoms with Crippen LogP contribution in [0, 0.1) is 12.3 Å². The van der Waals surface area contributed by atoms with Crippen molar-refractivity contribution in [1.29, 1.82) is 0 Å². The van der Waals surface area contributed by atoms with Crippen molar-refractivity contribution in [3.05, 3.63) is 84.1 Å². The second kappa shape index (κ2) is 6.23. The Labute approximate surface area is 192 Å². The van der Waals surface area contributed by atoms with Crippen LogP contribution in [0.3, 0.4) is 0 Å². The summed E-state index contributed by atoms with van der Waals surface area (Å²) < 4.78 is 2.51. The van der Waals surface area contributed by atoms with Crippen molar-refractivity contribution in [2.45, 2.75) is 34.1 Å². The highest BCUT2D eigenvalue weighted by atomic mass is 14.9. The van der Waals surface area contributed by atoms with Gasteiger partial charge >= 0.3 is 0 Å². The normalized spacial score (nSPS) is 13.0. The Kier molecular flexibility index (Phi) is 3.56. The zero-order valence-corrected chi connectivity index (χ0v) is 19.5. The molecule has 7 aromatic rings. The van der Waals surface area contributed by atoms with Crippen molar-refractivity contribution in [3.8, 4) is 0 Å². The van der Waals surface area contributed by atoms with Gasteiger partial charge in [0.1, 0.15) is 0 Å². The minimum Gasteiger partial charge on any atom is -0.308 e. The third kappa shape index (κ3) is 2.47. The zero-order valence-electron chi connectivity index (χ0n) is 19.5. The van der Waals surface area contributed by atoms with E-state index in [0.29, 0.717) is 0 Å². The minimum atomic E-state index is 0.206. The average Bonchev–Trinajstić information content (AvgIpc) is 3.12. The van der Waals surface area contributed by atoms with Crippen molar-refractivity contribution in [2.24, 2.45) is 5.41 Å². The van der Waals surface area contributed by atoms with E-state index < -0.39 is 0 Å². The maximum Gasteiger partial charge on any atom is 0.0823 e. The summed E-state index contributed by atoms with van der Waals surface area (Å²) in [4.78, 5) is 5.00. The van der Waals surface area contributed by atoms with Crippen LogP contribution in [-0.4, -0.2) is 9.38 Å². The third-order valence-corrected chi connectivity index (χ3v) is 7.24. The summed E-state index contributed by atoms with van der Waals surface area (Å²) in [6.07, 6.45) is 3.04. The van der Waals surface area contributed by atoms with Gasteiger partial charge in [0.2, 0.25) is 0 Å². The molecule has 0 aliphatic rings. The van der Waals surface area contributed by atoms with Crippen molar-refractivity contribution < 1.29 is 0 Å². The van der Waals surface area contributed by atoms with Crippen LogP contribution in [0.15, 0.2) is 72.9 Å². The van der Waals surface area contributed by atoms with E-state index in [1.165, 1.54) is 65.4 Å². The molecule has 160 valence electrons. The summed E-state index contributed by atoms with van der Waals surface area (Å²) in [6.45, 7) is 9.24. The lowest BCUT2D eigenvalue weighted by molar-refractivity contribution is 0.413. The van der Waals surface area contributed by atoms with E-state index in [0.717, 1.165) is 11.9 Å². The number of hydrogen-bond acceptors (Lipinski definition) is 1. The number of aryl methyl sites for hydroxylation is 1. The Morgan fingerprint density at radius 3 is 2.33 bits per heavy atom. The molecule has 2 nitrogen and oxygen atoms in total. The molecule has 7 rings (SSSR count). The molecule has 0 bridgehead atoms. The van der Waals surface area contributed by atoms with Gasteiger partial charge in [-0.15, -0.1) is 0 Å². The molecule has 0 aliphatic heterocycles. The number of fused-ring (bicyclic) bond motifs is 7. The monoisotopic (exact) mass is 426 g/mol. The van der Waals surface area contributed by atoms with E-state index in [4.69, 9.17) is 4.98 Å². The molecule has 0 aliphatic carbocycles. The minimum absolute atomic E-state index is 0.206. The van der Waals surface area contributed by atoms with Crippen molar-refractivity contribution in [1.82, 2.24) is 9.38 Å². The highest BCUT2D eigenvalue weighted by Crippen LogP contribution is 2.44. The van der Waals surface area contributed by atoms with Crippen LogP contribution in [0.1, 0.15) is 31.9 Å². The van der Waals surface area contributed by atoms with Gasteiger partial charge in [-0.2, -0.15) is 0 Å². The van der Waals surface area contributed by atoms with Gasteiger partial charge in [0.25, 0.3) is 0 Å². The fraction of sp³-hybridized carbons (Fsp3) is 0.194. The predicted molar refractivity (Wildman–Crippen MR) is 142 cm³/mol. The molecular formula is C31H26N2. The lowest BCUT2D eigenvalue weighted by Crippen LogP contribution is -2.10. The largest absolute Gasteiger partial charge is 0.308 e. The standard InChI is InChI=1S/C31H26N2/c1-18-21-10-6-5-9-19(21)15-25-28-27-22(13-14-32-28)20(17-31(2,3)4)16-24-23-11-7-8-12-26(23)33(29(18)25)30(24)27/h5-16H,17H2,1-4H3. The highest BCUT2D eigenvalue weighted by Gasteiger charge is 2.23. The van der Waals surface area contributed by atoms with E-state index in [-0.39, 0.29) is 5.41 Å². The molecule has 2 heteroatoms. The Hall–Kier alpha value is -3.65. The topological polar surface area (TPSA) is 17.3 Å². The lowest BCUT2D eigenvalue weighted by Gasteiger charge is -2.21. The molecule has 33 heavy (non-hydrogen) atoms. The Morgan fingerprint density at radius 2 is 1.52 bits per heavy atom. The first-order valence-corrected chi connectivity index (χ1v) is 11.8. The van der Waals surface area contributed by atoms with Crippen LogP contribution in [0.25, 0.3) is 59.8 Å². The van der Waals surface area contributed by atoms with Gasteiger partial charge in [0.05, 0.1) is 22.1 Å². The summed E-state index contributed by atoms with van der Waals surface area (Å²) in [7, 11) is 0. The predicted octanol–water partition coefficient (Wildman–Crippen LogP) is 8.44. The van der Waals surface area contributed by atoms with Crippen molar-refractivity contribution >= 4 is 59.8 Å². The first-order chi connectivity index (χ1) is 15.9. The smallest absolute Gasteiger partial charge is 0.0823 e. The van der Waals surface area contributed by atoms with Gasteiger partial charge in [-0.25, -0.2) is 0 Å². The molecule has 0 saturated carbocycles. The highest BCUT2D eigenvalue weighted by molar-refractivity contribution is 6.29. The van der Waals surface area contributed by atoms with Crippen molar-refractivity contribution in [2.75, 3.05) is 0 Å². The molecule has 0 spiro atoms. The molecule has 3 aromatic heterocycles. The summed E-state index contributed by atoms with van der Waals surface area (Å²) in [5, 5.41) is 9.11. The van der Waals surface area contributed by atoms with Gasteiger partial charge in [-0.1, -0.05) is 63.2 Å². The van der Waals surface area contributed by atoms with Gasteiger partial charge < -0.3 is 4.40 Å². The maximum absolute atomic E-state index is 5.00. The second-order valence-corrected chi connectivity index (χ2v) is 10.7. The Balaban J connectivity index is 1.86. The first kappa shape index (κ1) is 18.9. The quantitative estimate of drug-likeness (QED) is 0.190. The maximum atomic E-state index is 5.00. The number of hydrogen-bond donors (Lipinski definition) is 0.